The maximum Gasteiger partial charge on any atom is 0.262 e. The molecule has 3 heterocycles. The number of nitrogens with one attached hydrogen (secondary N) is 1. The number of rotatable bonds is 5. The Balaban J connectivity index is 1.52. The quantitative estimate of drug-likeness (QED) is 0.459. The molecule has 0 unspecified atom stereocenters. The van der Waals surface area contributed by atoms with Crippen molar-refractivity contribution in [1.29, 1.82) is 0 Å². The molecule has 1 aliphatic carbocycles. The van der Waals surface area contributed by atoms with Gasteiger partial charge in [-0.15, -0.1) is 0 Å². The number of alkyl halides is 2. The topological polar surface area (TPSA) is 85.7 Å². The maximum atomic E-state index is 14.2. The molecule has 0 saturated heterocycles. The van der Waals surface area contributed by atoms with E-state index in [1.807, 2.05) is 0 Å². The molecule has 5 rings (SSSR count). The van der Waals surface area contributed by atoms with E-state index in [9.17, 15) is 18.0 Å². The van der Waals surface area contributed by atoms with Crippen LogP contribution in [-0.2, 0) is 6.42 Å². The van der Waals surface area contributed by atoms with Gasteiger partial charge in [-0.05, 0) is 47.7 Å². The number of halogens is 3. The third-order valence-electron chi connectivity index (χ3n) is 6.23. The minimum atomic E-state index is -2.67. The number of hydrogen-bond acceptors (Lipinski definition) is 5. The fourth-order valence-corrected chi connectivity index (χ4v) is 4.46. The van der Waals surface area contributed by atoms with Crippen molar-refractivity contribution in [3.05, 3.63) is 70.3 Å². The Kier molecular flexibility index (Phi) is 5.59. The van der Waals surface area contributed by atoms with E-state index in [0.717, 1.165) is 11.1 Å². The van der Waals surface area contributed by atoms with Crippen LogP contribution in [0.15, 0.2) is 47.5 Å². The first-order valence-electron chi connectivity index (χ1n) is 11.0. The molecule has 7 nitrogen and oxygen atoms in total. The van der Waals surface area contributed by atoms with Crippen LogP contribution in [0.1, 0.15) is 43.1 Å². The fraction of sp³-hybridized carbons (Fsp3) is 0.333. The van der Waals surface area contributed by atoms with E-state index in [2.05, 4.69) is 20.1 Å². The Morgan fingerprint density at radius 2 is 2.00 bits per heavy atom. The van der Waals surface area contributed by atoms with Gasteiger partial charge in [-0.3, -0.25) is 4.79 Å². The van der Waals surface area contributed by atoms with Crippen molar-refractivity contribution in [2.24, 2.45) is 0 Å². The summed E-state index contributed by atoms with van der Waals surface area (Å²) in [6.07, 6.45) is 3.22. The predicted molar refractivity (Wildman–Crippen MR) is 120 cm³/mol. The lowest BCUT2D eigenvalue weighted by molar-refractivity contribution is -0.0446. The Morgan fingerprint density at radius 1 is 1.21 bits per heavy atom. The van der Waals surface area contributed by atoms with Crippen LogP contribution in [0, 0.1) is 5.82 Å². The third kappa shape index (κ3) is 4.27. The number of aromatic nitrogens is 5. The van der Waals surface area contributed by atoms with E-state index in [0.29, 0.717) is 28.3 Å². The van der Waals surface area contributed by atoms with Crippen LogP contribution in [-0.4, -0.2) is 37.8 Å². The van der Waals surface area contributed by atoms with Crippen LogP contribution in [0.2, 0.25) is 0 Å². The van der Waals surface area contributed by atoms with E-state index >= 15 is 0 Å². The van der Waals surface area contributed by atoms with Crippen molar-refractivity contribution in [3.63, 3.8) is 0 Å². The Morgan fingerprint density at radius 3 is 2.76 bits per heavy atom. The highest BCUT2D eigenvalue weighted by Gasteiger charge is 2.36. The van der Waals surface area contributed by atoms with Crippen LogP contribution in [0.3, 0.4) is 0 Å². The van der Waals surface area contributed by atoms with Crippen molar-refractivity contribution in [2.45, 2.75) is 44.1 Å². The summed E-state index contributed by atoms with van der Waals surface area (Å²) >= 11 is 0. The molecular formula is C24H22F3N5O2. The zero-order chi connectivity index (χ0) is 23.9. The summed E-state index contributed by atoms with van der Waals surface area (Å²) in [5, 5.41) is 4.57. The third-order valence-corrected chi connectivity index (χ3v) is 6.23. The van der Waals surface area contributed by atoms with Crippen molar-refractivity contribution in [2.75, 3.05) is 7.11 Å². The van der Waals surface area contributed by atoms with Gasteiger partial charge in [0.1, 0.15) is 17.0 Å². The van der Waals surface area contributed by atoms with Crippen LogP contribution >= 0.6 is 0 Å². The first kappa shape index (κ1) is 22.1. The molecule has 1 aliphatic rings. The standard InChI is InChI=1S/C24H22F3N5O2/c1-34-21-12-14(6-9-28-21)18-3-2-16(25)10-15(18)11-20-30-22-19(23(33)31-20)13-29-32(22)17-4-7-24(26,27)8-5-17/h2-3,6,9-10,12-13,17H,4-5,7-8,11H2,1H3,(H,30,31,33). The van der Waals surface area contributed by atoms with Gasteiger partial charge in [0.2, 0.25) is 11.8 Å². The number of benzene rings is 1. The molecular weight excluding hydrogens is 447 g/mol. The molecule has 0 aliphatic heterocycles. The zero-order valence-electron chi connectivity index (χ0n) is 18.4. The molecule has 0 amide bonds. The van der Waals surface area contributed by atoms with E-state index in [1.165, 1.54) is 25.4 Å². The lowest BCUT2D eigenvalue weighted by Gasteiger charge is -2.28. The van der Waals surface area contributed by atoms with Crippen LogP contribution in [0.4, 0.5) is 13.2 Å². The van der Waals surface area contributed by atoms with Gasteiger partial charge in [-0.1, -0.05) is 6.07 Å². The van der Waals surface area contributed by atoms with Crippen molar-refractivity contribution in [3.8, 4) is 17.0 Å². The molecule has 0 radical (unpaired) electrons. The molecule has 4 aromatic rings. The highest BCUT2D eigenvalue weighted by atomic mass is 19.3. The van der Waals surface area contributed by atoms with Crippen molar-refractivity contribution < 1.29 is 17.9 Å². The van der Waals surface area contributed by atoms with Crippen LogP contribution in [0.5, 0.6) is 5.88 Å². The van der Waals surface area contributed by atoms with Gasteiger partial charge < -0.3 is 9.72 Å². The second kappa shape index (κ2) is 8.58. The van der Waals surface area contributed by atoms with Gasteiger partial charge >= 0.3 is 0 Å². The first-order chi connectivity index (χ1) is 16.3. The van der Waals surface area contributed by atoms with Gasteiger partial charge in [0.05, 0.1) is 19.3 Å². The van der Waals surface area contributed by atoms with E-state index in [1.54, 1.807) is 29.1 Å². The smallest absolute Gasteiger partial charge is 0.262 e. The largest absolute Gasteiger partial charge is 0.481 e. The second-order valence-electron chi connectivity index (χ2n) is 8.49. The molecule has 1 N–H and O–H groups in total. The number of pyridine rings is 1. The highest BCUT2D eigenvalue weighted by molar-refractivity contribution is 5.73. The number of methoxy groups -OCH3 is 1. The molecule has 1 fully saturated rings. The number of hydrogen-bond donors (Lipinski definition) is 1. The minimum Gasteiger partial charge on any atom is -0.481 e. The van der Waals surface area contributed by atoms with Gasteiger partial charge in [0, 0.05) is 31.5 Å². The molecule has 176 valence electrons. The second-order valence-corrected chi connectivity index (χ2v) is 8.49. The molecule has 0 atom stereocenters. The van der Waals surface area contributed by atoms with Gasteiger partial charge in [-0.25, -0.2) is 27.8 Å². The van der Waals surface area contributed by atoms with Gasteiger partial charge in [-0.2, -0.15) is 5.10 Å². The lowest BCUT2D eigenvalue weighted by atomic mass is 9.92. The monoisotopic (exact) mass is 469 g/mol. The van der Waals surface area contributed by atoms with Crippen LogP contribution < -0.4 is 10.3 Å². The SMILES string of the molecule is COc1cc(-c2ccc(F)cc2Cc2nc3c(cnn3C3CCC(F)(F)CC3)c(=O)[nH]2)ccn1. The number of H-pyrrole nitrogens is 1. The molecule has 34 heavy (non-hydrogen) atoms. The number of aromatic amines is 1. The summed E-state index contributed by atoms with van der Waals surface area (Å²) in [4.78, 5) is 24.2. The Labute approximate surface area is 192 Å². The first-order valence-corrected chi connectivity index (χ1v) is 11.0. The predicted octanol–water partition coefficient (Wildman–Crippen LogP) is 4.67. The molecule has 1 aromatic carbocycles. The lowest BCUT2D eigenvalue weighted by Crippen LogP contribution is -2.27. The summed E-state index contributed by atoms with van der Waals surface area (Å²) in [6, 6.07) is 7.68. The molecule has 1 saturated carbocycles. The van der Waals surface area contributed by atoms with E-state index in [-0.39, 0.29) is 43.7 Å². The van der Waals surface area contributed by atoms with E-state index in [4.69, 9.17) is 4.74 Å². The van der Waals surface area contributed by atoms with Crippen LogP contribution in [0.25, 0.3) is 22.2 Å². The number of ether oxygens (including phenoxy) is 1. The molecule has 3 aromatic heterocycles. The number of fused-ring (bicyclic) bond motifs is 1. The molecule has 10 heteroatoms. The summed E-state index contributed by atoms with van der Waals surface area (Å²) in [6.45, 7) is 0. The summed E-state index contributed by atoms with van der Waals surface area (Å²) in [7, 11) is 1.51. The summed E-state index contributed by atoms with van der Waals surface area (Å²) < 4.78 is 48.2. The zero-order valence-corrected chi connectivity index (χ0v) is 18.4. The average molecular weight is 469 g/mol. The van der Waals surface area contributed by atoms with Gasteiger partial charge in [0.25, 0.3) is 5.56 Å². The van der Waals surface area contributed by atoms with Crippen molar-refractivity contribution >= 4 is 11.0 Å². The van der Waals surface area contributed by atoms with E-state index < -0.39 is 11.7 Å². The maximum absolute atomic E-state index is 14.2. The number of nitrogens with zero attached hydrogens (tertiary/aromatic N) is 4. The highest BCUT2D eigenvalue weighted by Crippen LogP contribution is 2.38. The molecule has 0 bridgehead atoms. The fourth-order valence-electron chi connectivity index (χ4n) is 4.46. The normalized spacial score (nSPS) is 16.1. The minimum absolute atomic E-state index is 0.150. The average Bonchev–Trinajstić information content (AvgIpc) is 3.24. The van der Waals surface area contributed by atoms with Crippen molar-refractivity contribution in [1.82, 2.24) is 24.7 Å². The Bertz CT molecular complexity index is 1410. The van der Waals surface area contributed by atoms with Gasteiger partial charge in [0.15, 0.2) is 5.65 Å². The summed E-state index contributed by atoms with van der Waals surface area (Å²) in [5.41, 5.74) is 2.10. The molecule has 0 spiro atoms. The Hall–Kier alpha value is -3.69. The summed E-state index contributed by atoms with van der Waals surface area (Å²) in [5.74, 6) is -2.34.